The summed E-state index contributed by atoms with van der Waals surface area (Å²) in [5.41, 5.74) is 0. The van der Waals surface area contributed by atoms with Crippen LogP contribution in [0.4, 0.5) is 0 Å². The zero-order chi connectivity index (χ0) is 17.0. The Kier molecular flexibility index (Phi) is 7.25. The Morgan fingerprint density at radius 3 is 2.60 bits per heavy atom. The van der Waals surface area contributed by atoms with Gasteiger partial charge in [0.1, 0.15) is 6.04 Å². The first-order chi connectivity index (χ1) is 11.6. The molecule has 0 aromatic heterocycles. The summed E-state index contributed by atoms with van der Waals surface area (Å²) < 4.78 is 27.2. The lowest BCUT2D eigenvalue weighted by molar-refractivity contribution is -0.125. The molecular formula is C17H26ClN3O3S. The van der Waals surface area contributed by atoms with Gasteiger partial charge in [0.25, 0.3) is 0 Å². The van der Waals surface area contributed by atoms with E-state index in [-0.39, 0.29) is 23.2 Å². The first kappa shape index (κ1) is 20.2. The zero-order valence-electron chi connectivity index (χ0n) is 14.2. The van der Waals surface area contributed by atoms with Crippen LogP contribution in [-0.2, 0) is 14.8 Å². The Hall–Kier alpha value is -1.15. The van der Waals surface area contributed by atoms with Gasteiger partial charge in [-0.3, -0.25) is 4.79 Å². The third-order valence-corrected chi connectivity index (χ3v) is 6.71. The monoisotopic (exact) mass is 387 g/mol. The van der Waals surface area contributed by atoms with Gasteiger partial charge in [-0.15, -0.1) is 12.4 Å². The maximum absolute atomic E-state index is 12.9. The predicted molar refractivity (Wildman–Crippen MR) is 99.3 cm³/mol. The van der Waals surface area contributed by atoms with Gasteiger partial charge < -0.3 is 10.6 Å². The third kappa shape index (κ3) is 4.73. The van der Waals surface area contributed by atoms with Crippen molar-refractivity contribution < 1.29 is 13.2 Å². The highest BCUT2D eigenvalue weighted by molar-refractivity contribution is 7.89. The molecule has 0 aliphatic carbocycles. The van der Waals surface area contributed by atoms with Crippen molar-refractivity contribution in [2.24, 2.45) is 0 Å². The molecule has 2 aliphatic heterocycles. The zero-order valence-corrected chi connectivity index (χ0v) is 15.8. The number of rotatable bonds is 5. The molecule has 2 saturated heterocycles. The van der Waals surface area contributed by atoms with E-state index >= 15 is 0 Å². The molecule has 25 heavy (non-hydrogen) atoms. The molecule has 2 N–H and O–H groups in total. The summed E-state index contributed by atoms with van der Waals surface area (Å²) in [5.74, 6) is -0.178. The van der Waals surface area contributed by atoms with Crippen LogP contribution in [0.5, 0.6) is 0 Å². The summed E-state index contributed by atoms with van der Waals surface area (Å²) in [7, 11) is -3.64. The van der Waals surface area contributed by atoms with Crippen LogP contribution in [0, 0.1) is 0 Å². The molecular weight excluding hydrogens is 362 g/mol. The number of carbonyl (C=O) groups is 1. The van der Waals surface area contributed by atoms with Crippen LogP contribution in [0.1, 0.15) is 32.1 Å². The second kappa shape index (κ2) is 8.98. The summed E-state index contributed by atoms with van der Waals surface area (Å²) in [4.78, 5) is 12.9. The van der Waals surface area contributed by atoms with Crippen molar-refractivity contribution >= 4 is 28.3 Å². The number of hydrogen-bond donors (Lipinski definition) is 2. The van der Waals surface area contributed by atoms with Crippen molar-refractivity contribution in [1.82, 2.24) is 14.9 Å². The van der Waals surface area contributed by atoms with E-state index in [1.54, 1.807) is 30.3 Å². The van der Waals surface area contributed by atoms with Crippen LogP contribution in [0.15, 0.2) is 35.2 Å². The predicted octanol–water partition coefficient (Wildman–Crippen LogP) is 1.52. The van der Waals surface area contributed by atoms with Crippen LogP contribution >= 0.6 is 12.4 Å². The minimum Gasteiger partial charge on any atom is -0.353 e. The number of nitrogens with one attached hydrogen (secondary N) is 2. The van der Waals surface area contributed by atoms with E-state index < -0.39 is 16.1 Å². The molecule has 3 rings (SSSR count). The molecule has 1 amide bonds. The smallest absolute Gasteiger partial charge is 0.243 e. The molecule has 0 radical (unpaired) electrons. The Balaban J connectivity index is 0.00000225. The van der Waals surface area contributed by atoms with Gasteiger partial charge in [-0.1, -0.05) is 24.6 Å². The lowest BCUT2D eigenvalue weighted by Gasteiger charge is -2.33. The second-order valence-corrected chi connectivity index (χ2v) is 8.37. The van der Waals surface area contributed by atoms with E-state index in [2.05, 4.69) is 10.6 Å². The molecule has 0 saturated carbocycles. The number of carbonyl (C=O) groups excluding carboxylic acids is 1. The van der Waals surface area contributed by atoms with Crippen molar-refractivity contribution in [1.29, 1.82) is 0 Å². The Labute approximate surface area is 155 Å². The molecule has 2 fully saturated rings. The average molecular weight is 388 g/mol. The summed E-state index contributed by atoms with van der Waals surface area (Å²) in [6, 6.07) is 8.06. The largest absolute Gasteiger partial charge is 0.353 e. The Bertz CT molecular complexity index is 663. The topological polar surface area (TPSA) is 78.5 Å². The van der Waals surface area contributed by atoms with Crippen molar-refractivity contribution in [2.75, 3.05) is 19.6 Å². The highest BCUT2D eigenvalue weighted by Gasteiger charge is 2.37. The van der Waals surface area contributed by atoms with Gasteiger partial charge in [0.15, 0.2) is 0 Å². The van der Waals surface area contributed by atoms with Crippen LogP contribution in [0.3, 0.4) is 0 Å². The van der Waals surface area contributed by atoms with E-state index in [9.17, 15) is 13.2 Å². The molecule has 0 bridgehead atoms. The summed E-state index contributed by atoms with van der Waals surface area (Å²) in [5, 5.41) is 6.28. The minimum absolute atomic E-state index is 0. The first-order valence-corrected chi connectivity index (χ1v) is 10.1. The van der Waals surface area contributed by atoms with Gasteiger partial charge >= 0.3 is 0 Å². The molecule has 6 nitrogen and oxygen atoms in total. The summed E-state index contributed by atoms with van der Waals surface area (Å²) in [6.07, 6.45) is 4.42. The lowest BCUT2D eigenvalue weighted by atomic mass is 10.0. The minimum atomic E-state index is -3.64. The van der Waals surface area contributed by atoms with Gasteiger partial charge in [-0.2, -0.15) is 4.31 Å². The van der Waals surface area contributed by atoms with Crippen molar-refractivity contribution in [3.8, 4) is 0 Å². The van der Waals surface area contributed by atoms with Crippen LogP contribution < -0.4 is 10.6 Å². The van der Waals surface area contributed by atoms with E-state index in [4.69, 9.17) is 0 Å². The number of halogens is 1. The van der Waals surface area contributed by atoms with Crippen molar-refractivity contribution in [2.45, 2.75) is 49.1 Å². The van der Waals surface area contributed by atoms with Crippen molar-refractivity contribution in [3.05, 3.63) is 30.3 Å². The molecule has 2 unspecified atom stereocenters. The number of nitrogens with zero attached hydrogens (tertiary/aromatic N) is 1. The number of sulfonamides is 1. The standard InChI is InChI=1S/C17H25N3O3S.ClH/c21-17(19-13-14-7-6-11-18-14)16-10-4-5-12-20(16)24(22,23)15-8-2-1-3-9-15;/h1-3,8-9,14,16,18H,4-7,10-13H2,(H,19,21);1H. The summed E-state index contributed by atoms with van der Waals surface area (Å²) in [6.45, 7) is 1.95. The number of amides is 1. The molecule has 2 atom stereocenters. The quantitative estimate of drug-likeness (QED) is 0.802. The Morgan fingerprint density at radius 2 is 1.92 bits per heavy atom. The molecule has 1 aromatic rings. The highest BCUT2D eigenvalue weighted by Crippen LogP contribution is 2.25. The fourth-order valence-corrected chi connectivity index (χ4v) is 5.13. The van der Waals surface area contributed by atoms with Crippen molar-refractivity contribution in [3.63, 3.8) is 0 Å². The van der Waals surface area contributed by atoms with E-state index in [1.807, 2.05) is 0 Å². The highest BCUT2D eigenvalue weighted by atomic mass is 35.5. The van der Waals surface area contributed by atoms with Gasteiger partial charge in [0.2, 0.25) is 15.9 Å². The number of benzene rings is 1. The lowest BCUT2D eigenvalue weighted by Crippen LogP contribution is -2.53. The van der Waals surface area contributed by atoms with Gasteiger partial charge in [0, 0.05) is 19.1 Å². The van der Waals surface area contributed by atoms with E-state index in [0.717, 1.165) is 32.2 Å². The van der Waals surface area contributed by atoms with Gasteiger partial charge in [-0.05, 0) is 44.4 Å². The van der Waals surface area contributed by atoms with E-state index in [1.165, 1.54) is 4.31 Å². The molecule has 1 aromatic carbocycles. The molecule has 140 valence electrons. The van der Waals surface area contributed by atoms with Crippen LogP contribution in [0.25, 0.3) is 0 Å². The van der Waals surface area contributed by atoms with Gasteiger partial charge in [0.05, 0.1) is 4.90 Å². The van der Waals surface area contributed by atoms with Crippen LogP contribution in [-0.4, -0.2) is 50.3 Å². The Morgan fingerprint density at radius 1 is 1.16 bits per heavy atom. The van der Waals surface area contributed by atoms with E-state index in [0.29, 0.717) is 25.6 Å². The normalized spacial score (nSPS) is 24.5. The fourth-order valence-electron chi connectivity index (χ4n) is 3.46. The van der Waals surface area contributed by atoms with Crippen LogP contribution in [0.2, 0.25) is 0 Å². The molecule has 2 aliphatic rings. The number of hydrogen-bond acceptors (Lipinski definition) is 4. The maximum atomic E-state index is 12.9. The first-order valence-electron chi connectivity index (χ1n) is 8.67. The summed E-state index contributed by atoms with van der Waals surface area (Å²) >= 11 is 0. The second-order valence-electron chi connectivity index (χ2n) is 6.48. The van der Waals surface area contributed by atoms with Gasteiger partial charge in [-0.25, -0.2) is 8.42 Å². The third-order valence-electron chi connectivity index (χ3n) is 4.79. The number of piperidine rings is 1. The molecule has 2 heterocycles. The molecule has 0 spiro atoms. The average Bonchev–Trinajstić information content (AvgIpc) is 3.14. The SMILES string of the molecule is Cl.O=C(NCC1CCCN1)C1CCCCN1S(=O)(=O)c1ccccc1. The maximum Gasteiger partial charge on any atom is 0.243 e. The molecule has 8 heteroatoms. The fraction of sp³-hybridized carbons (Fsp3) is 0.588.